The Morgan fingerprint density at radius 2 is 1.69 bits per heavy atom. The number of ether oxygens (including phenoxy) is 1. The van der Waals surface area contributed by atoms with E-state index in [1.807, 2.05) is 0 Å². The Labute approximate surface area is 102 Å². The number of unbranched alkanes of at least 4 members (excludes halogenated alkanes) is 1. The van der Waals surface area contributed by atoms with E-state index in [-0.39, 0.29) is 6.61 Å². The molecule has 0 bridgehead atoms. The zero-order chi connectivity index (χ0) is 12.6. The van der Waals surface area contributed by atoms with Crippen LogP contribution in [0.15, 0.2) is 11.1 Å². The Bertz CT molecular complexity index is 216. The summed E-state index contributed by atoms with van der Waals surface area (Å²) in [6.45, 7) is 13.4. The lowest BCUT2D eigenvalue weighted by molar-refractivity contribution is 0.144. The summed E-state index contributed by atoms with van der Waals surface area (Å²) in [5.74, 6) is 0. The van der Waals surface area contributed by atoms with Gasteiger partial charge in [-0.3, -0.25) is 0 Å². The fourth-order valence-electron chi connectivity index (χ4n) is 1.61. The molecule has 3 heteroatoms. The second-order valence-corrected chi connectivity index (χ2v) is 11.3. The lowest BCUT2D eigenvalue weighted by atomic mass is 10.2. The third-order valence-corrected chi connectivity index (χ3v) is 4.13. The Kier molecular flexibility index (Phi) is 7.98. The van der Waals surface area contributed by atoms with Crippen LogP contribution in [0.25, 0.3) is 0 Å². The van der Waals surface area contributed by atoms with Crippen LogP contribution in [-0.4, -0.2) is 33.0 Å². The summed E-state index contributed by atoms with van der Waals surface area (Å²) in [6, 6.07) is 1.26. The minimum atomic E-state index is -0.990. The second-order valence-electron chi connectivity index (χ2n) is 5.78. The molecule has 0 rings (SSSR count). The van der Waals surface area contributed by atoms with E-state index in [2.05, 4.69) is 33.5 Å². The molecule has 0 saturated carbocycles. The molecule has 0 aromatic rings. The van der Waals surface area contributed by atoms with Gasteiger partial charge in [0.25, 0.3) is 0 Å². The van der Waals surface area contributed by atoms with Crippen LogP contribution in [0.5, 0.6) is 0 Å². The van der Waals surface area contributed by atoms with Crippen LogP contribution in [0.2, 0.25) is 25.7 Å². The molecule has 0 amide bonds. The average Bonchev–Trinajstić information content (AvgIpc) is 2.14. The molecule has 0 aliphatic heterocycles. The van der Waals surface area contributed by atoms with Crippen molar-refractivity contribution in [3.63, 3.8) is 0 Å². The van der Waals surface area contributed by atoms with Crippen molar-refractivity contribution >= 4 is 8.07 Å². The van der Waals surface area contributed by atoms with E-state index in [4.69, 9.17) is 9.84 Å². The fraction of sp³-hybridized carbons (Fsp3) is 0.846. The molecule has 0 aliphatic carbocycles. The molecule has 0 fully saturated rings. The van der Waals surface area contributed by atoms with Gasteiger partial charge in [-0.2, -0.15) is 0 Å². The van der Waals surface area contributed by atoms with E-state index < -0.39 is 8.07 Å². The van der Waals surface area contributed by atoms with Crippen molar-refractivity contribution in [1.82, 2.24) is 0 Å². The van der Waals surface area contributed by atoms with E-state index in [1.165, 1.54) is 17.2 Å². The first-order chi connectivity index (χ1) is 7.37. The smallest absolute Gasteiger partial charge is 0.0676 e. The number of aliphatic hydroxyl groups excluding tert-OH is 1. The normalized spacial score (nSPS) is 13.9. The molecule has 0 radical (unpaired) electrons. The molecule has 0 aromatic heterocycles. The first kappa shape index (κ1) is 15.9. The van der Waals surface area contributed by atoms with E-state index >= 15 is 0 Å². The summed E-state index contributed by atoms with van der Waals surface area (Å²) < 4.78 is 5.58. The number of rotatable bonds is 8. The number of allylic oxidation sites excluding steroid dienone is 1. The summed E-state index contributed by atoms with van der Waals surface area (Å²) >= 11 is 0. The minimum Gasteiger partial charge on any atom is -0.396 e. The zero-order valence-corrected chi connectivity index (χ0v) is 12.6. The van der Waals surface area contributed by atoms with Gasteiger partial charge in [-0.15, -0.1) is 0 Å². The van der Waals surface area contributed by atoms with Crippen molar-refractivity contribution in [3.8, 4) is 0 Å². The minimum absolute atomic E-state index is 0.271. The summed E-state index contributed by atoms with van der Waals surface area (Å²) in [4.78, 5) is 0. The lowest BCUT2D eigenvalue weighted by Crippen LogP contribution is -2.20. The molecule has 0 heterocycles. The summed E-state index contributed by atoms with van der Waals surface area (Å²) in [6.07, 6.45) is 1.80. The number of aliphatic hydroxyl groups is 1. The van der Waals surface area contributed by atoms with Gasteiger partial charge in [-0.05, 0) is 38.3 Å². The van der Waals surface area contributed by atoms with E-state index in [0.29, 0.717) is 0 Å². The standard InChI is InChI=1S/C13H28O2Si/c1-12(10-15-9-7-6-8-14)13(2)11-16(3,4)5/h14H,6-11H2,1-5H3/b13-12+. The van der Waals surface area contributed by atoms with Crippen LogP contribution in [0, 0.1) is 0 Å². The van der Waals surface area contributed by atoms with Crippen LogP contribution in [-0.2, 0) is 4.74 Å². The lowest BCUT2D eigenvalue weighted by Gasteiger charge is -2.18. The molecule has 0 aromatic carbocycles. The quantitative estimate of drug-likeness (QED) is 0.402. The predicted molar refractivity (Wildman–Crippen MR) is 73.7 cm³/mol. The van der Waals surface area contributed by atoms with Gasteiger partial charge in [0.1, 0.15) is 0 Å². The maximum Gasteiger partial charge on any atom is 0.0676 e. The van der Waals surface area contributed by atoms with Crippen LogP contribution >= 0.6 is 0 Å². The van der Waals surface area contributed by atoms with Crippen molar-refractivity contribution < 1.29 is 9.84 Å². The highest BCUT2D eigenvalue weighted by molar-refractivity contribution is 6.76. The molecule has 0 spiro atoms. The third kappa shape index (κ3) is 9.13. The largest absolute Gasteiger partial charge is 0.396 e. The maximum atomic E-state index is 8.63. The first-order valence-electron chi connectivity index (χ1n) is 6.20. The molecule has 1 N–H and O–H groups in total. The third-order valence-electron chi connectivity index (χ3n) is 2.54. The second kappa shape index (κ2) is 8.04. The van der Waals surface area contributed by atoms with Crippen molar-refractivity contribution in [3.05, 3.63) is 11.1 Å². The monoisotopic (exact) mass is 244 g/mol. The van der Waals surface area contributed by atoms with Crippen molar-refractivity contribution in [2.24, 2.45) is 0 Å². The van der Waals surface area contributed by atoms with Crippen LogP contribution < -0.4 is 0 Å². The van der Waals surface area contributed by atoms with Gasteiger partial charge in [0.05, 0.1) is 6.61 Å². The zero-order valence-electron chi connectivity index (χ0n) is 11.6. The van der Waals surface area contributed by atoms with Crippen molar-refractivity contribution in [2.45, 2.75) is 52.4 Å². The number of hydrogen-bond acceptors (Lipinski definition) is 2. The average molecular weight is 244 g/mol. The highest BCUT2D eigenvalue weighted by Crippen LogP contribution is 2.18. The predicted octanol–water partition coefficient (Wildman–Crippen LogP) is 3.45. The summed E-state index contributed by atoms with van der Waals surface area (Å²) in [5.41, 5.74) is 2.88. The fourth-order valence-corrected chi connectivity index (χ4v) is 3.50. The van der Waals surface area contributed by atoms with Gasteiger partial charge in [0.15, 0.2) is 0 Å². The summed E-state index contributed by atoms with van der Waals surface area (Å²) in [7, 11) is -0.990. The SMILES string of the molecule is C/C(COCCCCO)=C(/C)C[Si](C)(C)C. The van der Waals surface area contributed by atoms with Gasteiger partial charge in [0.2, 0.25) is 0 Å². The Morgan fingerprint density at radius 3 is 2.19 bits per heavy atom. The molecular weight excluding hydrogens is 216 g/mol. The van der Waals surface area contributed by atoms with Crippen LogP contribution in [0.1, 0.15) is 26.7 Å². The van der Waals surface area contributed by atoms with Crippen molar-refractivity contribution in [2.75, 3.05) is 19.8 Å². The summed E-state index contributed by atoms with van der Waals surface area (Å²) in [5, 5.41) is 8.63. The van der Waals surface area contributed by atoms with E-state index in [1.54, 1.807) is 0 Å². The molecule has 0 unspecified atom stereocenters. The van der Waals surface area contributed by atoms with Crippen molar-refractivity contribution in [1.29, 1.82) is 0 Å². The highest BCUT2D eigenvalue weighted by Gasteiger charge is 2.14. The van der Waals surface area contributed by atoms with Gasteiger partial charge in [0, 0.05) is 21.3 Å². The first-order valence-corrected chi connectivity index (χ1v) is 9.91. The van der Waals surface area contributed by atoms with Crippen LogP contribution in [0.4, 0.5) is 0 Å². The van der Waals surface area contributed by atoms with Gasteiger partial charge in [-0.1, -0.05) is 25.2 Å². The van der Waals surface area contributed by atoms with E-state index in [9.17, 15) is 0 Å². The van der Waals surface area contributed by atoms with Gasteiger partial charge in [-0.25, -0.2) is 0 Å². The Morgan fingerprint density at radius 1 is 1.06 bits per heavy atom. The Balaban J connectivity index is 3.84. The molecule has 16 heavy (non-hydrogen) atoms. The number of hydrogen-bond donors (Lipinski definition) is 1. The Hall–Kier alpha value is -0.123. The van der Waals surface area contributed by atoms with Gasteiger partial charge < -0.3 is 9.84 Å². The molecule has 96 valence electrons. The molecule has 0 atom stereocenters. The highest BCUT2D eigenvalue weighted by atomic mass is 28.3. The van der Waals surface area contributed by atoms with Gasteiger partial charge >= 0.3 is 0 Å². The molecule has 0 aliphatic rings. The maximum absolute atomic E-state index is 8.63. The van der Waals surface area contributed by atoms with Crippen LogP contribution in [0.3, 0.4) is 0 Å². The molecule has 2 nitrogen and oxygen atoms in total. The van der Waals surface area contributed by atoms with E-state index in [0.717, 1.165) is 26.1 Å². The molecule has 0 saturated heterocycles. The molecular formula is C13H28O2Si. The topological polar surface area (TPSA) is 29.5 Å².